The molecule has 2 aromatic rings. The van der Waals surface area contributed by atoms with Crippen LogP contribution >= 0.6 is 11.6 Å². The lowest BCUT2D eigenvalue weighted by atomic mass is 10.2. The number of furan rings is 1. The van der Waals surface area contributed by atoms with E-state index in [-0.39, 0.29) is 11.8 Å². The molecular formula is C14H15ClN2O3. The van der Waals surface area contributed by atoms with Gasteiger partial charge in [-0.3, -0.25) is 4.79 Å². The second-order valence-electron chi connectivity index (χ2n) is 4.29. The Kier molecular flexibility index (Phi) is 4.32. The minimum atomic E-state index is -0.391. The van der Waals surface area contributed by atoms with Crippen LogP contribution in [0.5, 0.6) is 5.75 Å². The first-order valence-electron chi connectivity index (χ1n) is 6.01. The van der Waals surface area contributed by atoms with Gasteiger partial charge in [-0.05, 0) is 37.3 Å². The number of hydrogen-bond acceptors (Lipinski definition) is 4. The normalized spacial score (nSPS) is 12.0. The minimum absolute atomic E-state index is 0.180. The van der Waals surface area contributed by atoms with Crippen molar-refractivity contribution in [3.8, 4) is 5.75 Å². The van der Waals surface area contributed by atoms with Crippen molar-refractivity contribution in [3.05, 3.63) is 46.9 Å². The Balaban J connectivity index is 2.20. The number of rotatable bonds is 4. The number of nitrogens with one attached hydrogen (secondary N) is 1. The van der Waals surface area contributed by atoms with Crippen LogP contribution in [-0.4, -0.2) is 13.0 Å². The highest BCUT2D eigenvalue weighted by Gasteiger charge is 2.15. The number of anilines is 1. The van der Waals surface area contributed by atoms with E-state index < -0.39 is 5.91 Å². The van der Waals surface area contributed by atoms with Crippen LogP contribution in [0, 0.1) is 0 Å². The summed E-state index contributed by atoms with van der Waals surface area (Å²) in [5.41, 5.74) is 6.16. The topological polar surface area (TPSA) is 77.5 Å². The third-order valence-electron chi connectivity index (χ3n) is 2.71. The first kappa shape index (κ1) is 14.4. The largest absolute Gasteiger partial charge is 0.495 e. The summed E-state index contributed by atoms with van der Waals surface area (Å²) in [6.07, 6.45) is 0. The van der Waals surface area contributed by atoms with Gasteiger partial charge in [-0.2, -0.15) is 0 Å². The summed E-state index contributed by atoms with van der Waals surface area (Å²) in [6, 6.07) is 7.94. The molecule has 1 unspecified atom stereocenters. The fourth-order valence-corrected chi connectivity index (χ4v) is 1.85. The van der Waals surface area contributed by atoms with E-state index in [1.165, 1.54) is 7.11 Å². The summed E-state index contributed by atoms with van der Waals surface area (Å²) in [6.45, 7) is 1.78. The molecule has 0 aliphatic heterocycles. The van der Waals surface area contributed by atoms with E-state index in [0.29, 0.717) is 22.2 Å². The number of ether oxygens (including phenoxy) is 1. The standard InChI is InChI=1S/C14H15ClN2O3/c1-8(16)11-5-6-13(20-11)14(18)17-10-7-9(15)3-4-12(10)19-2/h3-8H,16H2,1-2H3,(H,17,18). The number of methoxy groups -OCH3 is 1. The van der Waals surface area contributed by atoms with Gasteiger partial charge in [0.05, 0.1) is 18.8 Å². The molecule has 0 aliphatic carbocycles. The van der Waals surface area contributed by atoms with Crippen LogP contribution in [0.4, 0.5) is 5.69 Å². The molecule has 20 heavy (non-hydrogen) atoms. The zero-order valence-electron chi connectivity index (χ0n) is 11.1. The molecule has 0 fully saturated rings. The van der Waals surface area contributed by atoms with Gasteiger partial charge >= 0.3 is 0 Å². The van der Waals surface area contributed by atoms with Crippen molar-refractivity contribution < 1.29 is 13.9 Å². The molecule has 0 saturated heterocycles. The average Bonchev–Trinajstić information content (AvgIpc) is 2.89. The number of benzene rings is 1. The molecule has 0 aliphatic rings. The lowest BCUT2D eigenvalue weighted by molar-refractivity contribution is 0.0994. The number of hydrogen-bond donors (Lipinski definition) is 2. The van der Waals surface area contributed by atoms with E-state index in [2.05, 4.69) is 5.32 Å². The van der Waals surface area contributed by atoms with Gasteiger partial charge in [0.15, 0.2) is 5.76 Å². The number of halogens is 1. The van der Waals surface area contributed by atoms with Crippen LogP contribution in [0.25, 0.3) is 0 Å². The van der Waals surface area contributed by atoms with E-state index in [1.807, 2.05) is 0 Å². The van der Waals surface area contributed by atoms with Crippen LogP contribution in [0.1, 0.15) is 29.3 Å². The third kappa shape index (κ3) is 3.12. The van der Waals surface area contributed by atoms with Gasteiger partial charge in [-0.1, -0.05) is 11.6 Å². The summed E-state index contributed by atoms with van der Waals surface area (Å²) in [5, 5.41) is 3.18. The van der Waals surface area contributed by atoms with Crippen molar-refractivity contribution in [3.63, 3.8) is 0 Å². The monoisotopic (exact) mass is 294 g/mol. The average molecular weight is 295 g/mol. The summed E-state index contributed by atoms with van der Waals surface area (Å²) in [7, 11) is 1.51. The van der Waals surface area contributed by atoms with Gasteiger partial charge in [-0.25, -0.2) is 0 Å². The molecule has 0 radical (unpaired) electrons. The summed E-state index contributed by atoms with van der Waals surface area (Å²) < 4.78 is 10.5. The maximum Gasteiger partial charge on any atom is 0.291 e. The number of carbonyl (C=O) groups excluding carboxylic acids is 1. The van der Waals surface area contributed by atoms with Gasteiger partial charge in [0, 0.05) is 5.02 Å². The molecule has 1 amide bonds. The fourth-order valence-electron chi connectivity index (χ4n) is 1.68. The molecule has 106 valence electrons. The molecule has 0 spiro atoms. The quantitative estimate of drug-likeness (QED) is 0.907. The fraction of sp³-hybridized carbons (Fsp3) is 0.214. The van der Waals surface area contributed by atoms with Crippen molar-refractivity contribution in [1.82, 2.24) is 0 Å². The van der Waals surface area contributed by atoms with Crippen LogP contribution in [0.3, 0.4) is 0 Å². The smallest absolute Gasteiger partial charge is 0.291 e. The van der Waals surface area contributed by atoms with E-state index in [1.54, 1.807) is 37.3 Å². The summed E-state index contributed by atoms with van der Waals surface area (Å²) >= 11 is 5.90. The molecule has 1 heterocycles. The Morgan fingerprint density at radius 3 is 2.75 bits per heavy atom. The molecule has 0 saturated carbocycles. The predicted octanol–water partition coefficient (Wildman–Crippen LogP) is 3.21. The van der Waals surface area contributed by atoms with Crippen molar-refractivity contribution in [2.45, 2.75) is 13.0 Å². The van der Waals surface area contributed by atoms with E-state index in [9.17, 15) is 4.79 Å². The first-order valence-corrected chi connectivity index (χ1v) is 6.39. The SMILES string of the molecule is COc1ccc(Cl)cc1NC(=O)c1ccc(C(C)N)o1. The van der Waals surface area contributed by atoms with E-state index in [4.69, 9.17) is 26.5 Å². The van der Waals surface area contributed by atoms with Crippen molar-refractivity contribution in [1.29, 1.82) is 0 Å². The summed E-state index contributed by atoms with van der Waals surface area (Å²) in [5.74, 6) is 0.853. The number of amides is 1. The Morgan fingerprint density at radius 1 is 1.40 bits per heavy atom. The Bertz CT molecular complexity index is 623. The van der Waals surface area contributed by atoms with Crippen molar-refractivity contribution >= 4 is 23.2 Å². The lowest BCUT2D eigenvalue weighted by Crippen LogP contribution is -2.12. The Labute approximate surface area is 121 Å². The zero-order chi connectivity index (χ0) is 14.7. The second-order valence-corrected chi connectivity index (χ2v) is 4.73. The van der Waals surface area contributed by atoms with Gasteiger partial charge < -0.3 is 20.2 Å². The highest BCUT2D eigenvalue weighted by atomic mass is 35.5. The Hall–Kier alpha value is -1.98. The Morgan fingerprint density at radius 2 is 2.15 bits per heavy atom. The highest BCUT2D eigenvalue weighted by Crippen LogP contribution is 2.28. The van der Waals surface area contributed by atoms with E-state index in [0.717, 1.165) is 0 Å². The lowest BCUT2D eigenvalue weighted by Gasteiger charge is -2.09. The number of carbonyl (C=O) groups is 1. The molecule has 6 heteroatoms. The first-order chi connectivity index (χ1) is 9.51. The molecule has 1 atom stereocenters. The molecule has 1 aromatic heterocycles. The minimum Gasteiger partial charge on any atom is -0.495 e. The molecule has 1 aromatic carbocycles. The van der Waals surface area contributed by atoms with Crippen LogP contribution in [0.2, 0.25) is 5.02 Å². The van der Waals surface area contributed by atoms with Crippen LogP contribution in [-0.2, 0) is 0 Å². The van der Waals surface area contributed by atoms with Crippen LogP contribution in [0.15, 0.2) is 34.7 Å². The van der Waals surface area contributed by atoms with Crippen molar-refractivity contribution in [2.75, 3.05) is 12.4 Å². The molecule has 0 bridgehead atoms. The predicted molar refractivity (Wildman–Crippen MR) is 77.3 cm³/mol. The second kappa shape index (κ2) is 5.98. The van der Waals surface area contributed by atoms with Gasteiger partial charge in [0.2, 0.25) is 0 Å². The molecule has 5 nitrogen and oxygen atoms in total. The highest BCUT2D eigenvalue weighted by molar-refractivity contribution is 6.31. The molecule has 2 rings (SSSR count). The van der Waals surface area contributed by atoms with Gasteiger partial charge in [0.25, 0.3) is 5.91 Å². The molecular weight excluding hydrogens is 280 g/mol. The van der Waals surface area contributed by atoms with Crippen LogP contribution < -0.4 is 15.8 Å². The van der Waals surface area contributed by atoms with Gasteiger partial charge in [0.1, 0.15) is 11.5 Å². The third-order valence-corrected chi connectivity index (χ3v) is 2.94. The zero-order valence-corrected chi connectivity index (χ0v) is 11.9. The molecule has 3 N–H and O–H groups in total. The van der Waals surface area contributed by atoms with Crippen molar-refractivity contribution in [2.24, 2.45) is 5.73 Å². The van der Waals surface area contributed by atoms with E-state index >= 15 is 0 Å². The van der Waals surface area contributed by atoms with Gasteiger partial charge in [-0.15, -0.1) is 0 Å². The maximum atomic E-state index is 12.1. The summed E-state index contributed by atoms with van der Waals surface area (Å²) in [4.78, 5) is 12.1. The maximum absolute atomic E-state index is 12.1. The number of nitrogens with two attached hydrogens (primary N) is 1.